The second-order valence-electron chi connectivity index (χ2n) is 7.82. The normalized spacial score (nSPS) is 12.7. The fraction of sp³-hybridized carbons (Fsp3) is 0.208. The topological polar surface area (TPSA) is 133 Å². The van der Waals surface area contributed by atoms with Gasteiger partial charge in [-0.15, -0.1) is 0 Å². The Balaban J connectivity index is 1.74. The molecule has 2 unspecified atom stereocenters. The van der Waals surface area contributed by atoms with E-state index in [1.54, 1.807) is 80.6 Å². The molecule has 0 aliphatic heterocycles. The Morgan fingerprint density at radius 2 is 1.59 bits per heavy atom. The van der Waals surface area contributed by atoms with Crippen LogP contribution in [0.2, 0.25) is 0 Å². The Kier molecular flexibility index (Phi) is 7.98. The molecule has 0 saturated heterocycles. The van der Waals surface area contributed by atoms with Gasteiger partial charge in [0.1, 0.15) is 18.4 Å². The predicted molar refractivity (Wildman–Crippen MR) is 127 cm³/mol. The van der Waals surface area contributed by atoms with Gasteiger partial charge in [-0.3, -0.25) is 18.6 Å². The molecule has 0 saturated carbocycles. The highest BCUT2D eigenvalue weighted by Crippen LogP contribution is 2.28. The van der Waals surface area contributed by atoms with Crippen LogP contribution >= 0.6 is 0 Å². The number of carboxylic acid groups (broad SMARTS) is 1. The van der Waals surface area contributed by atoms with E-state index in [2.05, 4.69) is 0 Å². The number of hydrogen-bond donors (Lipinski definition) is 1. The molecule has 0 fully saturated rings. The largest absolute Gasteiger partial charge is 0.755 e. The van der Waals surface area contributed by atoms with E-state index in [1.807, 2.05) is 0 Å². The Morgan fingerprint density at radius 1 is 1.03 bits per heavy atom. The van der Waals surface area contributed by atoms with Gasteiger partial charge in [0.15, 0.2) is 0 Å². The fourth-order valence-electron chi connectivity index (χ4n) is 3.51. The molecule has 3 aromatic carbocycles. The van der Waals surface area contributed by atoms with Crippen LogP contribution in [0, 0.1) is 16.0 Å². The van der Waals surface area contributed by atoms with Crippen LogP contribution in [0.1, 0.15) is 19.4 Å². The average molecular weight is 484 g/mol. The van der Waals surface area contributed by atoms with Crippen molar-refractivity contribution in [3.63, 3.8) is 0 Å². The standard InChI is InChI=1S/C24H24N2O7S/c1-16(2)23(24(27)28)25(34(31)32)20-11-7-17(8-12-20)18-9-13-21(14-10-18)33-15-19-5-3-4-6-22(19)26(29)30/h3-14,16,23H,15H2,1-2H3,(H,27,28)(H,31,32)/p-1. The quantitative estimate of drug-likeness (QED) is 0.254. The number of nitro groups is 1. The van der Waals surface area contributed by atoms with Crippen LogP contribution in [0.5, 0.6) is 5.75 Å². The number of benzene rings is 3. The van der Waals surface area contributed by atoms with Gasteiger partial charge in [0.2, 0.25) is 0 Å². The van der Waals surface area contributed by atoms with Crippen molar-refractivity contribution in [2.75, 3.05) is 4.31 Å². The summed E-state index contributed by atoms with van der Waals surface area (Å²) in [6.45, 7) is 3.34. The van der Waals surface area contributed by atoms with E-state index in [-0.39, 0.29) is 18.0 Å². The molecule has 0 aliphatic rings. The van der Waals surface area contributed by atoms with Crippen molar-refractivity contribution in [1.29, 1.82) is 0 Å². The van der Waals surface area contributed by atoms with E-state index < -0.39 is 34.1 Å². The first kappa shape index (κ1) is 24.9. The van der Waals surface area contributed by atoms with Crippen molar-refractivity contribution in [3.05, 3.63) is 88.5 Å². The van der Waals surface area contributed by atoms with Gasteiger partial charge in [0.25, 0.3) is 5.69 Å². The van der Waals surface area contributed by atoms with Crippen molar-refractivity contribution in [1.82, 2.24) is 0 Å². The van der Waals surface area contributed by atoms with Crippen molar-refractivity contribution in [2.45, 2.75) is 26.5 Å². The zero-order valence-electron chi connectivity index (χ0n) is 18.5. The first-order valence-corrected chi connectivity index (χ1v) is 11.4. The zero-order valence-corrected chi connectivity index (χ0v) is 19.3. The number of ether oxygens (including phenoxy) is 1. The number of para-hydroxylation sites is 1. The lowest BCUT2D eigenvalue weighted by Gasteiger charge is -2.34. The second kappa shape index (κ2) is 10.9. The molecule has 34 heavy (non-hydrogen) atoms. The third-order valence-corrected chi connectivity index (χ3v) is 5.95. The SMILES string of the molecule is CC(C)C(C(=O)O)N(c1ccc(-c2ccc(OCc3ccccc3[N+](=O)[O-])cc2)cc1)S(=O)[O-]. The molecule has 0 spiro atoms. The van der Waals surface area contributed by atoms with Crippen LogP contribution in [-0.2, 0) is 22.7 Å². The van der Waals surface area contributed by atoms with Crippen LogP contribution in [-0.4, -0.2) is 30.8 Å². The molecule has 9 nitrogen and oxygen atoms in total. The Morgan fingerprint density at radius 3 is 2.09 bits per heavy atom. The summed E-state index contributed by atoms with van der Waals surface area (Å²) in [5.74, 6) is -1.12. The number of nitrogens with zero attached hydrogens (tertiary/aromatic N) is 2. The van der Waals surface area contributed by atoms with E-state index in [0.29, 0.717) is 11.3 Å². The lowest BCUT2D eigenvalue weighted by atomic mass is 10.0. The van der Waals surface area contributed by atoms with E-state index in [0.717, 1.165) is 15.4 Å². The number of aliphatic carboxylic acids is 1. The van der Waals surface area contributed by atoms with Crippen LogP contribution in [0.4, 0.5) is 11.4 Å². The van der Waals surface area contributed by atoms with E-state index >= 15 is 0 Å². The lowest BCUT2D eigenvalue weighted by Crippen LogP contribution is -2.45. The molecule has 2 atom stereocenters. The molecule has 3 rings (SSSR count). The summed E-state index contributed by atoms with van der Waals surface area (Å²) < 4.78 is 30.1. The minimum atomic E-state index is -2.76. The van der Waals surface area contributed by atoms with Gasteiger partial charge in [-0.1, -0.05) is 50.2 Å². The predicted octanol–water partition coefficient (Wildman–Crippen LogP) is 4.55. The molecule has 0 amide bonds. The molecule has 0 heterocycles. The number of anilines is 1. The molecule has 0 aliphatic carbocycles. The minimum Gasteiger partial charge on any atom is -0.755 e. The lowest BCUT2D eigenvalue weighted by molar-refractivity contribution is -0.385. The van der Waals surface area contributed by atoms with E-state index in [4.69, 9.17) is 4.74 Å². The van der Waals surface area contributed by atoms with Crippen molar-refractivity contribution in [2.24, 2.45) is 5.92 Å². The number of rotatable bonds is 10. The highest BCUT2D eigenvalue weighted by atomic mass is 32.2. The van der Waals surface area contributed by atoms with E-state index in [1.165, 1.54) is 6.07 Å². The van der Waals surface area contributed by atoms with Gasteiger partial charge >= 0.3 is 5.97 Å². The maximum atomic E-state index is 11.8. The number of hydrogen-bond acceptors (Lipinski definition) is 6. The fourth-order valence-corrected chi connectivity index (χ4v) is 4.33. The van der Waals surface area contributed by atoms with E-state index in [9.17, 15) is 28.8 Å². The van der Waals surface area contributed by atoms with Crippen molar-refractivity contribution in [3.8, 4) is 16.9 Å². The molecular weight excluding hydrogens is 460 g/mol. The van der Waals surface area contributed by atoms with Crippen molar-refractivity contribution >= 4 is 28.6 Å². The van der Waals surface area contributed by atoms with Crippen LogP contribution in [0.15, 0.2) is 72.8 Å². The first-order chi connectivity index (χ1) is 16.2. The second-order valence-corrected chi connectivity index (χ2v) is 8.64. The van der Waals surface area contributed by atoms with Crippen LogP contribution < -0.4 is 9.04 Å². The molecule has 0 aromatic heterocycles. The molecule has 10 heteroatoms. The van der Waals surface area contributed by atoms with Crippen LogP contribution in [0.25, 0.3) is 11.1 Å². The molecule has 3 aromatic rings. The summed E-state index contributed by atoms with van der Waals surface area (Å²) >= 11 is -2.76. The Labute approximate surface area is 199 Å². The third kappa shape index (κ3) is 5.77. The van der Waals surface area contributed by atoms with Gasteiger partial charge in [-0.05, 0) is 47.4 Å². The summed E-state index contributed by atoms with van der Waals surface area (Å²) in [7, 11) is 0. The van der Waals surface area contributed by atoms with Gasteiger partial charge < -0.3 is 14.4 Å². The molecule has 0 bridgehead atoms. The molecule has 178 valence electrons. The molecule has 0 radical (unpaired) electrons. The summed E-state index contributed by atoms with van der Waals surface area (Å²) in [6.07, 6.45) is 0. The number of nitro benzene ring substituents is 1. The number of carbonyl (C=O) groups is 1. The summed E-state index contributed by atoms with van der Waals surface area (Å²) in [6, 6.07) is 18.8. The maximum Gasteiger partial charge on any atom is 0.327 e. The molecule has 1 N–H and O–H groups in total. The first-order valence-electron chi connectivity index (χ1n) is 10.4. The summed E-state index contributed by atoms with van der Waals surface area (Å²) in [5, 5.41) is 20.6. The third-order valence-electron chi connectivity index (χ3n) is 5.19. The minimum absolute atomic E-state index is 0.00475. The maximum absolute atomic E-state index is 11.8. The van der Waals surface area contributed by atoms with Crippen molar-refractivity contribution < 1.29 is 28.3 Å². The van der Waals surface area contributed by atoms with Gasteiger partial charge in [0, 0.05) is 23.0 Å². The molecular formula is C24H23N2O7S-. The average Bonchev–Trinajstić information content (AvgIpc) is 2.81. The summed E-state index contributed by atoms with van der Waals surface area (Å²) in [4.78, 5) is 22.3. The Hall–Kier alpha value is -3.76. The highest BCUT2D eigenvalue weighted by Gasteiger charge is 2.30. The van der Waals surface area contributed by atoms with Crippen LogP contribution in [0.3, 0.4) is 0 Å². The van der Waals surface area contributed by atoms with Gasteiger partial charge in [0.05, 0.1) is 10.5 Å². The monoisotopic (exact) mass is 483 g/mol. The summed E-state index contributed by atoms with van der Waals surface area (Å²) in [5.41, 5.74) is 2.34. The highest BCUT2D eigenvalue weighted by molar-refractivity contribution is 7.80. The number of carboxylic acids is 1. The van der Waals surface area contributed by atoms with Gasteiger partial charge in [-0.2, -0.15) is 0 Å². The smallest absolute Gasteiger partial charge is 0.327 e. The van der Waals surface area contributed by atoms with Gasteiger partial charge in [-0.25, -0.2) is 4.79 Å². The Bertz CT molecular complexity index is 1180. The zero-order chi connectivity index (χ0) is 24.8.